The molecule has 3 aromatic rings. The van der Waals surface area contributed by atoms with Gasteiger partial charge in [0, 0.05) is 54.4 Å². The van der Waals surface area contributed by atoms with Crippen molar-refractivity contribution in [3.8, 4) is 22.9 Å². The lowest BCUT2D eigenvalue weighted by Gasteiger charge is -2.32. The number of hydrogen-bond donors (Lipinski definition) is 0. The summed E-state index contributed by atoms with van der Waals surface area (Å²) in [5, 5.41) is 1.15. The lowest BCUT2D eigenvalue weighted by molar-refractivity contribution is 0.185. The van der Waals surface area contributed by atoms with E-state index < -0.39 is 0 Å². The number of likely N-dealkylation sites (tertiary alicyclic amines) is 1. The summed E-state index contributed by atoms with van der Waals surface area (Å²) in [5.74, 6) is 2.57. The summed E-state index contributed by atoms with van der Waals surface area (Å²) in [4.78, 5) is 20.9. The standard InChI is InChI=1S/C27H32Cl2N6O/c1-19-3-5-34(6-4-19)18-20-11-25(21-13-22(28)15-23(29)14-21)32-26(12-20)36-24-16-30-27(31-17-24)35-9-7-33(2)8-10-35/h11-17,19H,3-10,18H2,1-2H3. The number of ether oxygens (including phenoxy) is 1. The Kier molecular flexibility index (Phi) is 7.91. The van der Waals surface area contributed by atoms with Crippen LogP contribution in [0.2, 0.25) is 10.0 Å². The Morgan fingerprint density at radius 2 is 1.56 bits per heavy atom. The Hall–Kier alpha value is -2.45. The molecule has 0 saturated carbocycles. The molecular formula is C27H32Cl2N6O. The van der Waals surface area contributed by atoms with Gasteiger partial charge in [-0.2, -0.15) is 0 Å². The molecule has 2 aliphatic rings. The molecule has 2 aliphatic heterocycles. The molecule has 1 aromatic carbocycles. The second-order valence-electron chi connectivity index (χ2n) is 9.93. The highest BCUT2D eigenvalue weighted by molar-refractivity contribution is 6.35. The van der Waals surface area contributed by atoms with E-state index >= 15 is 0 Å². The number of pyridine rings is 1. The van der Waals surface area contributed by atoms with E-state index in [4.69, 9.17) is 32.9 Å². The predicted octanol–water partition coefficient (Wildman–Crippen LogP) is 5.62. The average molecular weight is 528 g/mol. The van der Waals surface area contributed by atoms with Gasteiger partial charge in [0.1, 0.15) is 0 Å². The minimum atomic E-state index is 0.500. The second kappa shape index (κ2) is 11.3. The predicted molar refractivity (Wildman–Crippen MR) is 145 cm³/mol. The third kappa shape index (κ3) is 6.45. The average Bonchev–Trinajstić information content (AvgIpc) is 2.86. The lowest BCUT2D eigenvalue weighted by atomic mass is 9.99. The molecule has 0 N–H and O–H groups in total. The van der Waals surface area contributed by atoms with Crippen LogP contribution in [0.3, 0.4) is 0 Å². The highest BCUT2D eigenvalue weighted by Gasteiger charge is 2.19. The van der Waals surface area contributed by atoms with Crippen LogP contribution in [0.1, 0.15) is 25.3 Å². The van der Waals surface area contributed by atoms with E-state index in [0.717, 1.165) is 74.5 Å². The van der Waals surface area contributed by atoms with Gasteiger partial charge in [-0.15, -0.1) is 0 Å². The molecule has 4 heterocycles. The van der Waals surface area contributed by atoms with Gasteiger partial charge in [0.05, 0.1) is 18.1 Å². The summed E-state index contributed by atoms with van der Waals surface area (Å²) in [7, 11) is 2.13. The molecule has 7 nitrogen and oxygen atoms in total. The zero-order chi connectivity index (χ0) is 25.1. The van der Waals surface area contributed by atoms with Gasteiger partial charge < -0.3 is 14.5 Å². The maximum absolute atomic E-state index is 6.29. The molecule has 2 saturated heterocycles. The van der Waals surface area contributed by atoms with Crippen molar-refractivity contribution in [2.75, 3.05) is 51.2 Å². The molecule has 190 valence electrons. The van der Waals surface area contributed by atoms with Crippen molar-refractivity contribution in [2.45, 2.75) is 26.3 Å². The van der Waals surface area contributed by atoms with Crippen LogP contribution in [-0.2, 0) is 6.54 Å². The van der Waals surface area contributed by atoms with Crippen LogP contribution in [-0.4, -0.2) is 71.1 Å². The first-order valence-corrected chi connectivity index (χ1v) is 13.3. The first-order chi connectivity index (χ1) is 17.4. The fourth-order valence-electron chi connectivity index (χ4n) is 4.68. The van der Waals surface area contributed by atoms with Crippen molar-refractivity contribution in [1.29, 1.82) is 0 Å². The molecule has 2 fully saturated rings. The van der Waals surface area contributed by atoms with E-state index in [-0.39, 0.29) is 0 Å². The number of rotatable bonds is 6. The van der Waals surface area contributed by atoms with Gasteiger partial charge in [-0.3, -0.25) is 4.90 Å². The molecule has 0 bridgehead atoms. The van der Waals surface area contributed by atoms with Crippen molar-refractivity contribution in [1.82, 2.24) is 24.8 Å². The summed E-state index contributed by atoms with van der Waals surface area (Å²) in [6, 6.07) is 9.57. The first-order valence-electron chi connectivity index (χ1n) is 12.5. The molecule has 2 aromatic heterocycles. The maximum Gasteiger partial charge on any atom is 0.225 e. The van der Waals surface area contributed by atoms with Gasteiger partial charge >= 0.3 is 0 Å². The van der Waals surface area contributed by atoms with Crippen molar-refractivity contribution in [3.05, 3.63) is 58.3 Å². The molecule has 0 unspecified atom stereocenters. The smallest absolute Gasteiger partial charge is 0.225 e. The Balaban J connectivity index is 1.38. The van der Waals surface area contributed by atoms with Crippen molar-refractivity contribution < 1.29 is 4.74 Å². The number of nitrogens with zero attached hydrogens (tertiary/aromatic N) is 6. The molecule has 0 atom stereocenters. The summed E-state index contributed by atoms with van der Waals surface area (Å²) >= 11 is 12.6. The normalized spacial score (nSPS) is 17.9. The molecule has 9 heteroatoms. The molecule has 0 amide bonds. The lowest BCUT2D eigenvalue weighted by Crippen LogP contribution is -2.45. The fourth-order valence-corrected chi connectivity index (χ4v) is 5.21. The third-order valence-corrected chi connectivity index (χ3v) is 7.36. The SMILES string of the molecule is CC1CCN(Cc2cc(Oc3cnc(N4CCN(C)CC4)nc3)nc(-c3cc(Cl)cc(Cl)c3)c2)CC1. The number of piperazine rings is 1. The van der Waals surface area contributed by atoms with Crippen LogP contribution in [0.15, 0.2) is 42.7 Å². The highest BCUT2D eigenvalue weighted by atomic mass is 35.5. The molecule has 5 rings (SSSR count). The molecule has 0 radical (unpaired) electrons. The monoisotopic (exact) mass is 526 g/mol. The number of benzene rings is 1. The van der Waals surface area contributed by atoms with Gasteiger partial charge in [-0.25, -0.2) is 15.0 Å². The van der Waals surface area contributed by atoms with Gasteiger partial charge in [0.25, 0.3) is 0 Å². The van der Waals surface area contributed by atoms with Crippen LogP contribution in [0.4, 0.5) is 5.95 Å². The van der Waals surface area contributed by atoms with Crippen LogP contribution in [0.5, 0.6) is 11.6 Å². The molecule has 36 heavy (non-hydrogen) atoms. The Morgan fingerprint density at radius 1 is 0.889 bits per heavy atom. The van der Waals surface area contributed by atoms with E-state index in [1.54, 1.807) is 18.5 Å². The number of anilines is 1. The minimum Gasteiger partial charge on any atom is -0.436 e. The Labute approximate surface area is 223 Å². The van der Waals surface area contributed by atoms with E-state index in [9.17, 15) is 0 Å². The summed E-state index contributed by atoms with van der Waals surface area (Å²) < 4.78 is 6.16. The largest absolute Gasteiger partial charge is 0.436 e. The summed E-state index contributed by atoms with van der Waals surface area (Å²) in [5.41, 5.74) is 2.76. The number of likely N-dealkylation sites (N-methyl/N-ethyl adjacent to an activating group) is 1. The van der Waals surface area contributed by atoms with Gasteiger partial charge in [0.15, 0.2) is 5.75 Å². The van der Waals surface area contributed by atoms with E-state index in [1.165, 1.54) is 12.8 Å². The van der Waals surface area contributed by atoms with E-state index in [0.29, 0.717) is 21.7 Å². The van der Waals surface area contributed by atoms with Crippen LogP contribution in [0, 0.1) is 5.92 Å². The Morgan fingerprint density at radius 3 is 2.22 bits per heavy atom. The number of halogens is 2. The number of piperidine rings is 1. The van der Waals surface area contributed by atoms with Crippen LogP contribution in [0.25, 0.3) is 11.3 Å². The fraction of sp³-hybridized carbons (Fsp3) is 0.444. The quantitative estimate of drug-likeness (QED) is 0.412. The van der Waals surface area contributed by atoms with Gasteiger partial charge in [-0.1, -0.05) is 30.1 Å². The van der Waals surface area contributed by atoms with Crippen LogP contribution < -0.4 is 9.64 Å². The van der Waals surface area contributed by atoms with Crippen molar-refractivity contribution in [3.63, 3.8) is 0 Å². The van der Waals surface area contributed by atoms with E-state index in [1.807, 2.05) is 18.2 Å². The van der Waals surface area contributed by atoms with E-state index in [2.05, 4.69) is 44.7 Å². The second-order valence-corrected chi connectivity index (χ2v) is 10.8. The van der Waals surface area contributed by atoms with Crippen molar-refractivity contribution in [2.24, 2.45) is 5.92 Å². The highest BCUT2D eigenvalue weighted by Crippen LogP contribution is 2.31. The van der Waals surface area contributed by atoms with Gasteiger partial charge in [0.2, 0.25) is 11.8 Å². The Bertz CT molecular complexity index is 1160. The molecular weight excluding hydrogens is 495 g/mol. The first kappa shape index (κ1) is 25.2. The number of aromatic nitrogens is 3. The summed E-state index contributed by atoms with van der Waals surface area (Å²) in [6.07, 6.45) is 5.89. The topological polar surface area (TPSA) is 57.6 Å². The molecule has 0 spiro atoms. The zero-order valence-corrected chi connectivity index (χ0v) is 22.3. The zero-order valence-electron chi connectivity index (χ0n) is 20.8. The van der Waals surface area contributed by atoms with Crippen molar-refractivity contribution >= 4 is 29.2 Å². The maximum atomic E-state index is 6.29. The molecule has 0 aliphatic carbocycles. The van der Waals surface area contributed by atoms with Gasteiger partial charge in [-0.05, 0) is 68.7 Å². The number of hydrogen-bond acceptors (Lipinski definition) is 7. The minimum absolute atomic E-state index is 0.500. The summed E-state index contributed by atoms with van der Waals surface area (Å²) in [6.45, 7) is 9.20. The van der Waals surface area contributed by atoms with Crippen LogP contribution >= 0.6 is 23.2 Å². The third-order valence-electron chi connectivity index (χ3n) is 6.93.